The molecule has 0 saturated heterocycles. The number of carbonyl (C=O) groups excluding carboxylic acids is 1. The number of benzene rings is 3. The van der Waals surface area contributed by atoms with E-state index in [1.807, 2.05) is 42.5 Å². The largest absolute Gasteiger partial charge is 0.493 e. The van der Waals surface area contributed by atoms with Gasteiger partial charge in [0.05, 0.1) is 25.9 Å². The number of rotatable bonds is 12. The van der Waals surface area contributed by atoms with E-state index in [1.54, 1.807) is 34.1 Å². The molecule has 228 valence electrons. The fraction of sp³-hybridized carbons (Fsp3) is 0.344. The molecular formula is C32H35Cl2N3O6. The quantitative estimate of drug-likeness (QED) is 0.174. The van der Waals surface area contributed by atoms with Gasteiger partial charge in [-0.1, -0.05) is 35.3 Å². The van der Waals surface area contributed by atoms with Crippen molar-refractivity contribution in [1.29, 1.82) is 0 Å². The number of nitrogens with one attached hydrogen (secondary N) is 1. The average Bonchev–Trinajstić information content (AvgIpc) is 3.36. The summed E-state index contributed by atoms with van der Waals surface area (Å²) >= 11 is 12.3. The van der Waals surface area contributed by atoms with Crippen LogP contribution in [0.1, 0.15) is 29.3 Å². The van der Waals surface area contributed by atoms with E-state index >= 15 is 0 Å². The summed E-state index contributed by atoms with van der Waals surface area (Å²) in [6.45, 7) is 1.77. The number of carbonyl (C=O) groups is 1. The Labute approximate surface area is 260 Å². The molecule has 1 aliphatic heterocycles. The van der Waals surface area contributed by atoms with Gasteiger partial charge in [-0.15, -0.1) is 0 Å². The van der Waals surface area contributed by atoms with Crippen LogP contribution in [0.15, 0.2) is 66.7 Å². The Hall–Kier alpha value is -3.31. The van der Waals surface area contributed by atoms with Gasteiger partial charge in [-0.25, -0.2) is 4.79 Å². The van der Waals surface area contributed by atoms with Gasteiger partial charge in [0.1, 0.15) is 17.5 Å². The van der Waals surface area contributed by atoms with Crippen LogP contribution in [0.25, 0.3) is 10.9 Å². The Balaban J connectivity index is 1.33. The van der Waals surface area contributed by atoms with Crippen LogP contribution in [0.3, 0.4) is 0 Å². The number of fused-ring (bicyclic) bond motifs is 3. The summed E-state index contributed by atoms with van der Waals surface area (Å²) in [5, 5.41) is 31.0. The maximum Gasteiger partial charge on any atom is 0.416 e. The van der Waals surface area contributed by atoms with Crippen molar-refractivity contribution in [2.75, 3.05) is 46.0 Å². The molecule has 3 aromatic carbocycles. The number of nitrogens with zero attached hydrogens (tertiary/aromatic N) is 2. The lowest BCUT2D eigenvalue weighted by Gasteiger charge is -2.35. The van der Waals surface area contributed by atoms with Gasteiger partial charge in [0, 0.05) is 59.2 Å². The van der Waals surface area contributed by atoms with Crippen LogP contribution in [-0.2, 0) is 6.42 Å². The van der Waals surface area contributed by atoms with E-state index in [9.17, 15) is 20.1 Å². The number of aliphatic hydroxyl groups is 3. The second-order valence-electron chi connectivity index (χ2n) is 10.5. The van der Waals surface area contributed by atoms with Crippen LogP contribution in [0.2, 0.25) is 10.0 Å². The lowest BCUT2D eigenvalue weighted by Crippen LogP contribution is -2.42. The van der Waals surface area contributed by atoms with Crippen molar-refractivity contribution in [3.05, 3.63) is 93.6 Å². The highest BCUT2D eigenvalue weighted by atomic mass is 35.5. The van der Waals surface area contributed by atoms with Crippen molar-refractivity contribution in [3.8, 4) is 11.5 Å². The summed E-state index contributed by atoms with van der Waals surface area (Å²) in [5.74, 6) is 1.04. The number of ether oxygens (including phenoxy) is 2. The second kappa shape index (κ2) is 14.4. The van der Waals surface area contributed by atoms with E-state index in [1.165, 1.54) is 0 Å². The third-order valence-corrected chi connectivity index (χ3v) is 8.05. The fourth-order valence-electron chi connectivity index (χ4n) is 5.49. The zero-order valence-electron chi connectivity index (χ0n) is 23.6. The van der Waals surface area contributed by atoms with Gasteiger partial charge in [0.2, 0.25) is 0 Å². The molecule has 2 atom stereocenters. The Bertz CT molecular complexity index is 1510. The predicted octanol–water partition coefficient (Wildman–Crippen LogP) is 5.04. The highest BCUT2D eigenvalue weighted by Crippen LogP contribution is 2.40. The van der Waals surface area contributed by atoms with Gasteiger partial charge in [-0.05, 0) is 72.1 Å². The van der Waals surface area contributed by atoms with Crippen LogP contribution < -0.4 is 9.47 Å². The molecule has 4 N–H and O–H groups in total. The highest BCUT2D eigenvalue weighted by Gasteiger charge is 2.35. The normalized spacial score (nSPS) is 15.5. The summed E-state index contributed by atoms with van der Waals surface area (Å²) in [6.07, 6.45) is -0.100. The Kier molecular flexibility index (Phi) is 10.5. The molecule has 0 saturated carbocycles. The number of aromatic nitrogens is 1. The third-order valence-electron chi connectivity index (χ3n) is 7.56. The molecule has 5 rings (SSSR count). The third kappa shape index (κ3) is 7.62. The molecule has 2 heterocycles. The monoisotopic (exact) mass is 627 g/mol. The number of aliphatic hydroxyl groups excluding tert-OH is 3. The SMILES string of the molecule is O=C(Oc1ccc(Cl)cc1)N1CCc2c([nH]c3ccc(Cl)cc23)[C@@H]1c1ccc(OCCC(O)CN(CCO)CCO)cc1. The molecule has 1 unspecified atom stereocenters. The zero-order chi connectivity index (χ0) is 30.3. The van der Waals surface area contributed by atoms with Crippen molar-refractivity contribution in [1.82, 2.24) is 14.8 Å². The van der Waals surface area contributed by atoms with E-state index < -0.39 is 18.2 Å². The predicted molar refractivity (Wildman–Crippen MR) is 166 cm³/mol. The first-order chi connectivity index (χ1) is 20.9. The van der Waals surface area contributed by atoms with Gasteiger partial charge in [-0.2, -0.15) is 0 Å². The average molecular weight is 629 g/mol. The molecule has 1 amide bonds. The summed E-state index contributed by atoms with van der Waals surface area (Å²) in [7, 11) is 0. The molecule has 0 spiro atoms. The fourth-order valence-corrected chi connectivity index (χ4v) is 5.79. The topological polar surface area (TPSA) is 118 Å². The first-order valence-electron chi connectivity index (χ1n) is 14.2. The van der Waals surface area contributed by atoms with Crippen LogP contribution >= 0.6 is 23.2 Å². The molecule has 0 bridgehead atoms. The molecule has 1 aliphatic rings. The number of aromatic amines is 1. The maximum absolute atomic E-state index is 13.5. The Morgan fingerprint density at radius 2 is 1.65 bits per heavy atom. The van der Waals surface area contributed by atoms with Crippen molar-refractivity contribution < 1.29 is 29.6 Å². The molecule has 1 aromatic heterocycles. The van der Waals surface area contributed by atoms with E-state index in [-0.39, 0.29) is 13.2 Å². The summed E-state index contributed by atoms with van der Waals surface area (Å²) in [5.41, 5.74) is 3.84. The molecule has 9 nitrogen and oxygen atoms in total. The van der Waals surface area contributed by atoms with E-state index in [2.05, 4.69) is 4.98 Å². The van der Waals surface area contributed by atoms with Crippen molar-refractivity contribution in [2.45, 2.75) is 25.0 Å². The van der Waals surface area contributed by atoms with Crippen LogP contribution in [0.4, 0.5) is 4.79 Å². The van der Waals surface area contributed by atoms with E-state index in [0.717, 1.165) is 27.7 Å². The van der Waals surface area contributed by atoms with Crippen molar-refractivity contribution >= 4 is 40.2 Å². The smallest absolute Gasteiger partial charge is 0.416 e. The minimum absolute atomic E-state index is 0.0411. The van der Waals surface area contributed by atoms with Gasteiger partial charge in [0.25, 0.3) is 0 Å². The lowest BCUT2D eigenvalue weighted by molar-refractivity contribution is 0.0731. The van der Waals surface area contributed by atoms with Crippen LogP contribution in [-0.4, -0.2) is 88.3 Å². The van der Waals surface area contributed by atoms with Crippen molar-refractivity contribution in [3.63, 3.8) is 0 Å². The summed E-state index contributed by atoms with van der Waals surface area (Å²) < 4.78 is 11.6. The minimum atomic E-state index is -0.659. The van der Waals surface area contributed by atoms with E-state index in [0.29, 0.717) is 67.2 Å². The van der Waals surface area contributed by atoms with Gasteiger partial charge >= 0.3 is 6.09 Å². The highest BCUT2D eigenvalue weighted by molar-refractivity contribution is 6.31. The maximum atomic E-state index is 13.5. The lowest BCUT2D eigenvalue weighted by atomic mass is 9.92. The van der Waals surface area contributed by atoms with Crippen LogP contribution in [0, 0.1) is 0 Å². The molecule has 11 heteroatoms. The number of halogens is 2. The van der Waals surface area contributed by atoms with Gasteiger partial charge < -0.3 is 29.8 Å². The number of hydrogen-bond donors (Lipinski definition) is 4. The molecule has 0 radical (unpaired) electrons. The number of hydrogen-bond acceptors (Lipinski definition) is 7. The van der Waals surface area contributed by atoms with Gasteiger partial charge in [-0.3, -0.25) is 9.80 Å². The molecule has 0 fully saturated rings. The first kappa shape index (κ1) is 31.1. The number of H-pyrrole nitrogens is 1. The van der Waals surface area contributed by atoms with Gasteiger partial charge in [0.15, 0.2) is 0 Å². The standard InChI is InChI=1S/C32H35Cl2N3O6/c33-22-3-8-26(9-4-22)43-32(41)37-13-11-27-28-19-23(34)5-10-29(28)35-30(27)31(37)21-1-6-25(7-2-21)42-18-12-24(40)20-36(14-16-38)15-17-39/h1-10,19,24,31,35,38-40H,11-18,20H2/t24?,31-/m0/s1. The Morgan fingerprint density at radius 1 is 0.977 bits per heavy atom. The summed E-state index contributed by atoms with van der Waals surface area (Å²) in [4.78, 5) is 20.5. The first-order valence-corrected chi connectivity index (χ1v) is 15.0. The zero-order valence-corrected chi connectivity index (χ0v) is 25.1. The molecule has 4 aromatic rings. The van der Waals surface area contributed by atoms with Crippen LogP contribution in [0.5, 0.6) is 11.5 Å². The summed E-state index contributed by atoms with van der Waals surface area (Å²) in [6, 6.07) is 19.5. The second-order valence-corrected chi connectivity index (χ2v) is 11.4. The molecule has 43 heavy (non-hydrogen) atoms. The minimum Gasteiger partial charge on any atom is -0.493 e. The Morgan fingerprint density at radius 3 is 2.35 bits per heavy atom. The molecular weight excluding hydrogens is 593 g/mol. The number of amides is 1. The van der Waals surface area contributed by atoms with Crippen molar-refractivity contribution in [2.24, 2.45) is 0 Å². The van der Waals surface area contributed by atoms with E-state index in [4.69, 9.17) is 32.7 Å². The molecule has 0 aliphatic carbocycles.